The van der Waals surface area contributed by atoms with Crippen molar-refractivity contribution in [2.75, 3.05) is 0 Å². The maximum Gasteiger partial charge on any atom is 0.338 e. The summed E-state index contributed by atoms with van der Waals surface area (Å²) in [5.74, 6) is -0.474. The van der Waals surface area contributed by atoms with Gasteiger partial charge in [-0.25, -0.2) is 9.59 Å². The van der Waals surface area contributed by atoms with Crippen molar-refractivity contribution in [1.29, 1.82) is 0 Å². The third-order valence-electron chi connectivity index (χ3n) is 3.47. The molecule has 0 aliphatic carbocycles. The van der Waals surface area contributed by atoms with Crippen LogP contribution >= 0.6 is 23.2 Å². The van der Waals surface area contributed by atoms with E-state index in [1.165, 1.54) is 0 Å². The Hall–Kier alpha value is -2.24. The van der Waals surface area contributed by atoms with E-state index in [2.05, 4.69) is 10.6 Å². The number of hydrogen-bond donors (Lipinski definition) is 2. The van der Waals surface area contributed by atoms with Crippen LogP contribution < -0.4 is 10.6 Å². The molecule has 2 amide bonds. The number of amides is 2. The second kappa shape index (κ2) is 9.46. The van der Waals surface area contributed by atoms with E-state index in [-0.39, 0.29) is 18.7 Å². The first-order valence-electron chi connectivity index (χ1n) is 8.10. The van der Waals surface area contributed by atoms with Crippen LogP contribution in [0.5, 0.6) is 0 Å². The highest BCUT2D eigenvalue weighted by atomic mass is 35.5. The first-order valence-corrected chi connectivity index (χ1v) is 8.85. The topological polar surface area (TPSA) is 67.4 Å². The quantitative estimate of drug-likeness (QED) is 0.705. The Bertz CT molecular complexity index is 757. The van der Waals surface area contributed by atoms with Gasteiger partial charge in [0.25, 0.3) is 0 Å². The molecule has 26 heavy (non-hydrogen) atoms. The minimum atomic E-state index is -0.474. The molecule has 0 saturated heterocycles. The van der Waals surface area contributed by atoms with Gasteiger partial charge in [-0.2, -0.15) is 0 Å². The first kappa shape index (κ1) is 20.1. The van der Waals surface area contributed by atoms with Gasteiger partial charge in [-0.15, -0.1) is 0 Å². The lowest BCUT2D eigenvalue weighted by atomic mass is 10.1. The molecule has 0 fully saturated rings. The molecule has 0 aromatic heterocycles. The molecule has 7 heteroatoms. The van der Waals surface area contributed by atoms with Crippen LogP contribution in [-0.2, 0) is 17.9 Å². The normalized spacial score (nSPS) is 10.5. The predicted molar refractivity (Wildman–Crippen MR) is 103 cm³/mol. The minimum Gasteiger partial charge on any atom is -0.457 e. The second-order valence-electron chi connectivity index (χ2n) is 5.95. The summed E-state index contributed by atoms with van der Waals surface area (Å²) in [7, 11) is 0. The average molecular weight is 395 g/mol. The maximum atomic E-state index is 12.2. The monoisotopic (exact) mass is 394 g/mol. The lowest BCUT2D eigenvalue weighted by molar-refractivity contribution is 0.0473. The molecule has 2 aromatic carbocycles. The number of ether oxygens (including phenoxy) is 1. The minimum absolute atomic E-state index is 0.00395. The molecule has 0 heterocycles. The van der Waals surface area contributed by atoms with E-state index in [1.54, 1.807) is 42.5 Å². The second-order valence-corrected chi connectivity index (χ2v) is 6.77. The lowest BCUT2D eigenvalue weighted by Crippen LogP contribution is -2.39. The van der Waals surface area contributed by atoms with Crippen molar-refractivity contribution in [2.45, 2.75) is 33.0 Å². The summed E-state index contributed by atoms with van der Waals surface area (Å²) < 4.78 is 5.27. The highest BCUT2D eigenvalue weighted by Crippen LogP contribution is 2.25. The number of urea groups is 1. The largest absolute Gasteiger partial charge is 0.457 e. The Balaban J connectivity index is 1.89. The number of benzene rings is 2. The van der Waals surface area contributed by atoms with Crippen LogP contribution in [0.1, 0.15) is 35.3 Å². The van der Waals surface area contributed by atoms with Gasteiger partial charge in [-0.1, -0.05) is 41.4 Å². The van der Waals surface area contributed by atoms with E-state index in [4.69, 9.17) is 27.9 Å². The fourth-order valence-corrected chi connectivity index (χ4v) is 2.65. The molecule has 0 unspecified atom stereocenters. The molecule has 0 saturated carbocycles. The van der Waals surface area contributed by atoms with Crippen molar-refractivity contribution in [1.82, 2.24) is 10.6 Å². The molecule has 0 aliphatic rings. The summed E-state index contributed by atoms with van der Waals surface area (Å²) >= 11 is 12.1. The Morgan fingerprint density at radius 1 is 1.04 bits per heavy atom. The molecule has 0 spiro atoms. The van der Waals surface area contributed by atoms with Gasteiger partial charge in [0, 0.05) is 28.2 Å². The number of esters is 1. The van der Waals surface area contributed by atoms with E-state index in [0.717, 1.165) is 5.56 Å². The van der Waals surface area contributed by atoms with Crippen LogP contribution in [0.3, 0.4) is 0 Å². The van der Waals surface area contributed by atoms with E-state index < -0.39 is 5.97 Å². The summed E-state index contributed by atoms with van der Waals surface area (Å²) in [6, 6.07) is 11.7. The summed E-state index contributed by atoms with van der Waals surface area (Å²) in [4.78, 5) is 23.7. The van der Waals surface area contributed by atoms with E-state index in [9.17, 15) is 9.59 Å². The summed E-state index contributed by atoms with van der Waals surface area (Å²) in [5, 5.41) is 6.38. The molecule has 0 atom stereocenters. The zero-order chi connectivity index (χ0) is 19.1. The Morgan fingerprint density at radius 3 is 2.23 bits per heavy atom. The fraction of sp³-hybridized carbons (Fsp3) is 0.263. The molecule has 138 valence electrons. The molecule has 2 aromatic rings. The van der Waals surface area contributed by atoms with Gasteiger partial charge in [-0.05, 0) is 43.7 Å². The van der Waals surface area contributed by atoms with Gasteiger partial charge in [0.05, 0.1) is 5.56 Å². The van der Waals surface area contributed by atoms with Crippen molar-refractivity contribution in [3.05, 3.63) is 69.2 Å². The average Bonchev–Trinajstić information content (AvgIpc) is 2.59. The maximum absolute atomic E-state index is 12.2. The number of carbonyl (C=O) groups excluding carboxylic acids is 2. The predicted octanol–water partition coefficient (Wildman–Crippen LogP) is 4.56. The van der Waals surface area contributed by atoms with E-state index >= 15 is 0 Å². The number of hydrogen-bond acceptors (Lipinski definition) is 3. The standard InChI is InChI=1S/C19H20Cl2N2O3/c1-12(2)23-19(25)22-10-13-6-8-14(9-7-13)18(24)26-11-15-16(20)4-3-5-17(15)21/h3-9,12H,10-11H2,1-2H3,(H2,22,23,25). The molecular formula is C19H20Cl2N2O3. The summed E-state index contributed by atoms with van der Waals surface area (Å²) in [6.45, 7) is 4.13. The first-order chi connectivity index (χ1) is 12.4. The van der Waals surface area contributed by atoms with Crippen LogP contribution in [0.2, 0.25) is 10.0 Å². The van der Waals surface area contributed by atoms with Crippen molar-refractivity contribution in [3.63, 3.8) is 0 Å². The highest BCUT2D eigenvalue weighted by molar-refractivity contribution is 6.35. The van der Waals surface area contributed by atoms with Gasteiger partial charge in [0.1, 0.15) is 6.61 Å². The third-order valence-corrected chi connectivity index (χ3v) is 4.18. The molecule has 0 radical (unpaired) electrons. The van der Waals surface area contributed by atoms with Crippen LogP contribution in [0.4, 0.5) is 4.79 Å². The number of rotatable bonds is 6. The summed E-state index contributed by atoms with van der Waals surface area (Å²) in [5.41, 5.74) is 1.85. The zero-order valence-corrected chi connectivity index (χ0v) is 16.0. The molecule has 0 aliphatic heterocycles. The van der Waals surface area contributed by atoms with Gasteiger partial charge < -0.3 is 15.4 Å². The zero-order valence-electron chi connectivity index (χ0n) is 14.5. The summed E-state index contributed by atoms with van der Waals surface area (Å²) in [6.07, 6.45) is 0. The molecule has 2 N–H and O–H groups in total. The number of nitrogens with one attached hydrogen (secondary N) is 2. The van der Waals surface area contributed by atoms with Crippen molar-refractivity contribution < 1.29 is 14.3 Å². The lowest BCUT2D eigenvalue weighted by Gasteiger charge is -2.11. The highest BCUT2D eigenvalue weighted by Gasteiger charge is 2.11. The molecule has 5 nitrogen and oxygen atoms in total. The Morgan fingerprint density at radius 2 is 1.65 bits per heavy atom. The van der Waals surface area contributed by atoms with Crippen LogP contribution in [-0.4, -0.2) is 18.0 Å². The number of carbonyl (C=O) groups is 2. The Labute approximate surface area is 162 Å². The van der Waals surface area contributed by atoms with Crippen LogP contribution in [0.15, 0.2) is 42.5 Å². The van der Waals surface area contributed by atoms with Gasteiger partial charge in [-0.3, -0.25) is 0 Å². The van der Waals surface area contributed by atoms with Gasteiger partial charge in [0.15, 0.2) is 0 Å². The van der Waals surface area contributed by atoms with Crippen molar-refractivity contribution >= 4 is 35.2 Å². The molecular weight excluding hydrogens is 375 g/mol. The molecule has 0 bridgehead atoms. The third kappa shape index (κ3) is 5.93. The van der Waals surface area contributed by atoms with Crippen LogP contribution in [0.25, 0.3) is 0 Å². The van der Waals surface area contributed by atoms with E-state index in [0.29, 0.717) is 27.7 Å². The molecule has 2 rings (SSSR count). The van der Waals surface area contributed by atoms with Crippen molar-refractivity contribution in [3.8, 4) is 0 Å². The smallest absolute Gasteiger partial charge is 0.338 e. The van der Waals surface area contributed by atoms with Gasteiger partial charge in [0.2, 0.25) is 0 Å². The van der Waals surface area contributed by atoms with Crippen LogP contribution in [0, 0.1) is 0 Å². The van der Waals surface area contributed by atoms with Crippen molar-refractivity contribution in [2.24, 2.45) is 0 Å². The Kier molecular flexibility index (Phi) is 7.30. The fourth-order valence-electron chi connectivity index (χ4n) is 2.15. The SMILES string of the molecule is CC(C)NC(=O)NCc1ccc(C(=O)OCc2c(Cl)cccc2Cl)cc1. The van der Waals surface area contributed by atoms with Gasteiger partial charge >= 0.3 is 12.0 Å². The van der Waals surface area contributed by atoms with E-state index in [1.807, 2.05) is 13.8 Å². The number of halogens is 2.